The highest BCUT2D eigenvalue weighted by Gasteiger charge is 2.39. The summed E-state index contributed by atoms with van der Waals surface area (Å²) in [6.45, 7) is 1.60. The Kier molecular flexibility index (Phi) is 3.92. The van der Waals surface area contributed by atoms with Crippen LogP contribution in [0.15, 0.2) is 29.2 Å². The smallest absolute Gasteiger partial charge is 0.322 e. The number of nitrogens with zero attached hydrogens (tertiary/aromatic N) is 1. The lowest BCUT2D eigenvalue weighted by molar-refractivity contribution is -0.140. The fraction of sp³-hybridized carbons (Fsp3) is 0.385. The normalized spacial score (nSPS) is 19.9. The van der Waals surface area contributed by atoms with Crippen LogP contribution in [0.1, 0.15) is 30.1 Å². The van der Waals surface area contributed by atoms with Crippen LogP contribution >= 0.6 is 0 Å². The van der Waals surface area contributed by atoms with Gasteiger partial charge in [0, 0.05) is 12.1 Å². The van der Waals surface area contributed by atoms with Crippen molar-refractivity contribution >= 4 is 21.8 Å². The number of ketones is 1. The molecule has 1 fully saturated rings. The molecule has 6 nitrogen and oxygen atoms in total. The number of hydrogen-bond acceptors (Lipinski definition) is 4. The predicted molar refractivity (Wildman–Crippen MR) is 71.0 cm³/mol. The number of carboxylic acids is 1. The standard InChI is InChI=1S/C13H15NO5S/c1-9(15)10-4-6-11(7-5-10)20(18,19)14-8-2-3-12(14)13(16)17/h4-7,12H,2-3,8H2,1H3,(H,16,17). The summed E-state index contributed by atoms with van der Waals surface area (Å²) in [4.78, 5) is 22.3. The van der Waals surface area contributed by atoms with Gasteiger partial charge in [-0.05, 0) is 31.9 Å². The third kappa shape index (κ3) is 2.59. The maximum absolute atomic E-state index is 12.4. The van der Waals surface area contributed by atoms with Crippen molar-refractivity contribution in [3.63, 3.8) is 0 Å². The summed E-state index contributed by atoms with van der Waals surface area (Å²) in [6.07, 6.45) is 0.849. The van der Waals surface area contributed by atoms with Crippen LogP contribution in [0.2, 0.25) is 0 Å². The van der Waals surface area contributed by atoms with Crippen LogP contribution in [-0.2, 0) is 14.8 Å². The van der Waals surface area contributed by atoms with E-state index in [4.69, 9.17) is 5.11 Å². The van der Waals surface area contributed by atoms with Crippen LogP contribution < -0.4 is 0 Å². The number of carbonyl (C=O) groups excluding carboxylic acids is 1. The van der Waals surface area contributed by atoms with E-state index >= 15 is 0 Å². The van der Waals surface area contributed by atoms with Gasteiger partial charge in [-0.25, -0.2) is 8.42 Å². The van der Waals surface area contributed by atoms with Crippen LogP contribution in [0.25, 0.3) is 0 Å². The highest BCUT2D eigenvalue weighted by atomic mass is 32.2. The minimum atomic E-state index is -3.83. The Morgan fingerprint density at radius 3 is 2.35 bits per heavy atom. The number of carboxylic acid groups (broad SMARTS) is 1. The summed E-state index contributed by atoms with van der Waals surface area (Å²) < 4.78 is 25.8. The minimum absolute atomic E-state index is 0.00986. The molecular weight excluding hydrogens is 282 g/mol. The van der Waals surface area contributed by atoms with E-state index < -0.39 is 22.0 Å². The molecule has 0 bridgehead atoms. The van der Waals surface area contributed by atoms with Crippen molar-refractivity contribution in [2.45, 2.75) is 30.7 Å². The summed E-state index contributed by atoms with van der Waals surface area (Å²) in [5, 5.41) is 9.06. The van der Waals surface area contributed by atoms with E-state index in [0.29, 0.717) is 18.4 Å². The molecular formula is C13H15NO5S. The third-order valence-electron chi connectivity index (χ3n) is 3.36. The van der Waals surface area contributed by atoms with E-state index in [1.54, 1.807) is 0 Å². The second-order valence-electron chi connectivity index (χ2n) is 4.69. The molecule has 2 rings (SSSR count). The van der Waals surface area contributed by atoms with Gasteiger partial charge in [-0.15, -0.1) is 0 Å². The number of Topliss-reactive ketones (excluding diaryl/α,β-unsaturated/α-hetero) is 1. The summed E-state index contributed by atoms with van der Waals surface area (Å²) in [7, 11) is -3.83. The van der Waals surface area contributed by atoms with Crippen molar-refractivity contribution in [3.05, 3.63) is 29.8 Å². The SMILES string of the molecule is CC(=O)c1ccc(S(=O)(=O)N2CCCC2C(=O)O)cc1. The molecule has 1 aliphatic rings. The van der Waals surface area contributed by atoms with Crippen LogP contribution in [0, 0.1) is 0 Å². The van der Waals surface area contributed by atoms with E-state index in [1.807, 2.05) is 0 Å². The van der Waals surface area contributed by atoms with Crippen molar-refractivity contribution < 1.29 is 23.1 Å². The Morgan fingerprint density at radius 1 is 1.25 bits per heavy atom. The lowest BCUT2D eigenvalue weighted by Gasteiger charge is -2.20. The largest absolute Gasteiger partial charge is 0.480 e. The summed E-state index contributed by atoms with van der Waals surface area (Å²) >= 11 is 0. The molecule has 0 spiro atoms. The zero-order valence-corrected chi connectivity index (χ0v) is 11.8. The quantitative estimate of drug-likeness (QED) is 0.841. The van der Waals surface area contributed by atoms with Gasteiger partial charge >= 0.3 is 5.97 Å². The van der Waals surface area contributed by atoms with Gasteiger partial charge in [0.2, 0.25) is 10.0 Å². The van der Waals surface area contributed by atoms with Crippen LogP contribution in [0.3, 0.4) is 0 Å². The molecule has 1 aromatic carbocycles. The lowest BCUT2D eigenvalue weighted by Crippen LogP contribution is -2.40. The Morgan fingerprint density at radius 2 is 1.85 bits per heavy atom. The molecule has 1 unspecified atom stereocenters. The van der Waals surface area contributed by atoms with Crippen molar-refractivity contribution in [2.75, 3.05) is 6.54 Å². The molecule has 1 atom stereocenters. The molecule has 0 amide bonds. The summed E-state index contributed by atoms with van der Waals surface area (Å²) in [6, 6.07) is 4.53. The Labute approximate surface area is 117 Å². The first kappa shape index (κ1) is 14.7. The minimum Gasteiger partial charge on any atom is -0.480 e. The zero-order chi connectivity index (χ0) is 14.9. The molecule has 0 aliphatic carbocycles. The van der Waals surface area contributed by atoms with Crippen LogP contribution in [-0.4, -0.2) is 42.2 Å². The number of aliphatic carboxylic acids is 1. The average Bonchev–Trinajstić information content (AvgIpc) is 2.89. The Bertz CT molecular complexity index is 635. The number of carbonyl (C=O) groups is 2. The Balaban J connectivity index is 2.35. The van der Waals surface area contributed by atoms with Crippen LogP contribution in [0.5, 0.6) is 0 Å². The molecule has 1 N–H and O–H groups in total. The molecule has 108 valence electrons. The molecule has 0 radical (unpaired) electrons. The summed E-state index contributed by atoms with van der Waals surface area (Å²) in [5.41, 5.74) is 0.417. The molecule has 7 heteroatoms. The maximum atomic E-state index is 12.4. The van der Waals surface area contributed by atoms with Gasteiger partial charge in [0.15, 0.2) is 5.78 Å². The van der Waals surface area contributed by atoms with Gasteiger partial charge < -0.3 is 5.11 Å². The van der Waals surface area contributed by atoms with Gasteiger partial charge in [0.1, 0.15) is 6.04 Å². The highest BCUT2D eigenvalue weighted by Crippen LogP contribution is 2.26. The maximum Gasteiger partial charge on any atom is 0.322 e. The summed E-state index contributed by atoms with van der Waals surface area (Å²) in [5.74, 6) is -1.29. The van der Waals surface area contributed by atoms with E-state index in [9.17, 15) is 18.0 Å². The van der Waals surface area contributed by atoms with Crippen LogP contribution in [0.4, 0.5) is 0 Å². The first-order chi connectivity index (χ1) is 9.34. The van der Waals surface area contributed by atoms with E-state index in [2.05, 4.69) is 0 Å². The number of benzene rings is 1. The number of rotatable bonds is 4. The van der Waals surface area contributed by atoms with Crippen molar-refractivity contribution in [1.82, 2.24) is 4.31 Å². The monoisotopic (exact) mass is 297 g/mol. The van der Waals surface area contributed by atoms with E-state index in [1.165, 1.54) is 31.2 Å². The second-order valence-corrected chi connectivity index (χ2v) is 6.58. The number of sulfonamides is 1. The molecule has 0 saturated carbocycles. The lowest BCUT2D eigenvalue weighted by atomic mass is 10.2. The first-order valence-electron chi connectivity index (χ1n) is 6.19. The number of hydrogen-bond donors (Lipinski definition) is 1. The molecule has 1 aromatic rings. The van der Waals surface area contributed by atoms with Crippen molar-refractivity contribution in [2.24, 2.45) is 0 Å². The van der Waals surface area contributed by atoms with Gasteiger partial charge in [0.05, 0.1) is 4.90 Å². The average molecular weight is 297 g/mol. The van der Waals surface area contributed by atoms with Gasteiger partial charge in [-0.3, -0.25) is 9.59 Å². The molecule has 20 heavy (non-hydrogen) atoms. The Hall–Kier alpha value is -1.73. The molecule has 0 aromatic heterocycles. The van der Waals surface area contributed by atoms with E-state index in [-0.39, 0.29) is 17.2 Å². The molecule has 1 saturated heterocycles. The molecule has 1 aliphatic heterocycles. The van der Waals surface area contributed by atoms with Crippen molar-refractivity contribution in [3.8, 4) is 0 Å². The highest BCUT2D eigenvalue weighted by molar-refractivity contribution is 7.89. The zero-order valence-electron chi connectivity index (χ0n) is 10.9. The predicted octanol–water partition coefficient (Wildman–Crippen LogP) is 1.13. The first-order valence-corrected chi connectivity index (χ1v) is 7.63. The van der Waals surface area contributed by atoms with Gasteiger partial charge in [0.25, 0.3) is 0 Å². The fourth-order valence-corrected chi connectivity index (χ4v) is 3.92. The van der Waals surface area contributed by atoms with Crippen molar-refractivity contribution in [1.29, 1.82) is 0 Å². The third-order valence-corrected chi connectivity index (χ3v) is 5.28. The van der Waals surface area contributed by atoms with Gasteiger partial charge in [-0.2, -0.15) is 4.31 Å². The van der Waals surface area contributed by atoms with Gasteiger partial charge in [-0.1, -0.05) is 12.1 Å². The fourth-order valence-electron chi connectivity index (χ4n) is 2.27. The molecule has 1 heterocycles. The second kappa shape index (κ2) is 5.34. The van der Waals surface area contributed by atoms with E-state index in [0.717, 1.165) is 4.31 Å². The topological polar surface area (TPSA) is 91.8 Å².